The molecule has 1 aromatic rings. The molecule has 0 aromatic carbocycles. The van der Waals surface area contributed by atoms with E-state index in [0.29, 0.717) is 12.6 Å². The Balaban J connectivity index is 2.01. The number of aryl methyl sites for hydroxylation is 1. The summed E-state index contributed by atoms with van der Waals surface area (Å²) in [6.45, 7) is 9.63. The average Bonchev–Trinajstić information content (AvgIpc) is 3.21. The van der Waals surface area contributed by atoms with E-state index in [4.69, 9.17) is 9.73 Å². The van der Waals surface area contributed by atoms with Gasteiger partial charge in [0.1, 0.15) is 12.4 Å². The Morgan fingerprint density at radius 1 is 1.42 bits per heavy atom. The molecule has 1 saturated heterocycles. The maximum absolute atomic E-state index is 5.15. The summed E-state index contributed by atoms with van der Waals surface area (Å²) < 4.78 is 7.13. The highest BCUT2D eigenvalue weighted by Gasteiger charge is 2.25. The van der Waals surface area contributed by atoms with Gasteiger partial charge in [-0.05, 0) is 39.3 Å². The van der Waals surface area contributed by atoms with Crippen LogP contribution in [0, 0.1) is 6.92 Å². The molecular weight excluding hydrogens is 330 g/mol. The zero-order valence-corrected chi connectivity index (χ0v) is 17.0. The molecule has 1 aromatic heterocycles. The molecule has 0 aliphatic carbocycles. The lowest BCUT2D eigenvalue weighted by atomic mass is 10.2. The summed E-state index contributed by atoms with van der Waals surface area (Å²) in [6, 6.07) is 0.605. The third-order valence-electron chi connectivity index (χ3n) is 5.11. The van der Waals surface area contributed by atoms with Crippen LogP contribution in [-0.4, -0.2) is 83.5 Å². The summed E-state index contributed by atoms with van der Waals surface area (Å²) in [5.41, 5.74) is 0. The molecule has 0 spiro atoms. The fraction of sp³-hybridized carbons (Fsp3) is 0.833. The van der Waals surface area contributed by atoms with Crippen molar-refractivity contribution in [1.29, 1.82) is 0 Å². The van der Waals surface area contributed by atoms with Crippen molar-refractivity contribution >= 4 is 5.96 Å². The Labute approximate surface area is 157 Å². The van der Waals surface area contributed by atoms with E-state index in [1.807, 2.05) is 18.5 Å². The molecule has 1 atom stereocenters. The van der Waals surface area contributed by atoms with E-state index in [2.05, 4.69) is 39.3 Å². The minimum Gasteiger partial charge on any atom is -0.385 e. The molecule has 1 N–H and O–H groups in total. The molecule has 8 heteroatoms. The van der Waals surface area contributed by atoms with Gasteiger partial charge in [-0.25, -0.2) is 4.99 Å². The summed E-state index contributed by atoms with van der Waals surface area (Å²) in [4.78, 5) is 9.61. The average molecular weight is 366 g/mol. The fourth-order valence-electron chi connectivity index (χ4n) is 3.38. The van der Waals surface area contributed by atoms with Gasteiger partial charge in [-0.15, -0.1) is 10.2 Å². The van der Waals surface area contributed by atoms with E-state index in [-0.39, 0.29) is 0 Å². The molecule has 0 radical (unpaired) electrons. The fourth-order valence-corrected chi connectivity index (χ4v) is 3.38. The third-order valence-corrected chi connectivity index (χ3v) is 5.11. The minimum atomic E-state index is 0.524. The topological polar surface area (TPSA) is 70.8 Å². The van der Waals surface area contributed by atoms with Crippen molar-refractivity contribution in [2.24, 2.45) is 12.0 Å². The molecule has 2 rings (SSSR count). The number of hydrogen-bond donors (Lipinski definition) is 1. The van der Waals surface area contributed by atoms with Gasteiger partial charge in [0.05, 0.1) is 0 Å². The summed E-state index contributed by atoms with van der Waals surface area (Å²) in [6.07, 6.45) is 3.51. The number of methoxy groups -OCH3 is 1. The number of ether oxygens (including phenoxy) is 1. The third kappa shape index (κ3) is 5.67. The maximum Gasteiger partial charge on any atom is 0.194 e. The molecule has 1 aliphatic rings. The molecule has 148 valence electrons. The van der Waals surface area contributed by atoms with Crippen LogP contribution in [0.5, 0.6) is 0 Å². The van der Waals surface area contributed by atoms with Crippen LogP contribution in [0.1, 0.15) is 37.8 Å². The number of aromatic nitrogens is 3. The van der Waals surface area contributed by atoms with Crippen molar-refractivity contribution in [2.45, 2.75) is 45.7 Å². The van der Waals surface area contributed by atoms with Gasteiger partial charge in [0.15, 0.2) is 11.8 Å². The smallest absolute Gasteiger partial charge is 0.194 e. The van der Waals surface area contributed by atoms with Gasteiger partial charge in [-0.2, -0.15) is 0 Å². The summed E-state index contributed by atoms with van der Waals surface area (Å²) >= 11 is 0. The number of likely N-dealkylation sites (tertiary alicyclic amines) is 1. The van der Waals surface area contributed by atoms with Crippen LogP contribution < -0.4 is 5.32 Å². The quantitative estimate of drug-likeness (QED) is 0.400. The normalized spacial score (nSPS) is 18.5. The minimum absolute atomic E-state index is 0.524. The molecule has 2 heterocycles. The Morgan fingerprint density at radius 2 is 2.23 bits per heavy atom. The molecule has 0 saturated carbocycles. The van der Waals surface area contributed by atoms with Crippen molar-refractivity contribution in [3.63, 3.8) is 0 Å². The Bertz CT molecular complexity index is 572. The summed E-state index contributed by atoms with van der Waals surface area (Å²) in [5.74, 6) is 2.70. The largest absolute Gasteiger partial charge is 0.385 e. The SMILES string of the molecule is CCN1CCCC1CN(C)C(=NCc1nnc(C)n1C)NCCCOC. The van der Waals surface area contributed by atoms with E-state index in [1.54, 1.807) is 7.11 Å². The molecule has 0 bridgehead atoms. The lowest BCUT2D eigenvalue weighted by Gasteiger charge is -2.30. The van der Waals surface area contributed by atoms with Crippen LogP contribution in [0.4, 0.5) is 0 Å². The van der Waals surface area contributed by atoms with Crippen molar-refractivity contribution in [2.75, 3.05) is 46.9 Å². The van der Waals surface area contributed by atoms with Gasteiger partial charge in [-0.3, -0.25) is 4.90 Å². The first-order chi connectivity index (χ1) is 12.6. The van der Waals surface area contributed by atoms with Gasteiger partial charge < -0.3 is 19.5 Å². The van der Waals surface area contributed by atoms with Crippen LogP contribution in [0.3, 0.4) is 0 Å². The molecule has 1 unspecified atom stereocenters. The first-order valence-electron chi connectivity index (χ1n) is 9.64. The van der Waals surface area contributed by atoms with Gasteiger partial charge in [0.25, 0.3) is 0 Å². The second-order valence-corrected chi connectivity index (χ2v) is 6.94. The molecule has 26 heavy (non-hydrogen) atoms. The van der Waals surface area contributed by atoms with Gasteiger partial charge >= 0.3 is 0 Å². The number of rotatable bonds is 9. The number of nitrogens with zero attached hydrogens (tertiary/aromatic N) is 6. The van der Waals surface area contributed by atoms with Crippen LogP contribution in [0.15, 0.2) is 4.99 Å². The number of nitrogens with one attached hydrogen (secondary N) is 1. The summed E-state index contributed by atoms with van der Waals surface area (Å²) in [5, 5.41) is 11.8. The zero-order chi connectivity index (χ0) is 18.9. The molecule has 8 nitrogen and oxygen atoms in total. The van der Waals surface area contributed by atoms with E-state index < -0.39 is 0 Å². The lowest BCUT2D eigenvalue weighted by Crippen LogP contribution is -2.46. The number of hydrogen-bond acceptors (Lipinski definition) is 5. The molecule has 1 aliphatic heterocycles. The standard InChI is InChI=1S/C18H35N7O/c1-6-25-11-7-9-16(25)14-23(3)18(19-10-8-12-26-5)20-13-17-22-21-15(2)24(17)4/h16H,6-14H2,1-5H3,(H,19,20). The monoisotopic (exact) mass is 365 g/mol. The first-order valence-corrected chi connectivity index (χ1v) is 9.64. The number of guanidine groups is 1. The Morgan fingerprint density at radius 3 is 2.88 bits per heavy atom. The molecule has 1 fully saturated rings. The Kier molecular flexibility index (Phi) is 8.31. The van der Waals surface area contributed by atoms with Crippen LogP contribution in [0.2, 0.25) is 0 Å². The van der Waals surface area contributed by atoms with Crippen LogP contribution in [-0.2, 0) is 18.3 Å². The Hall–Kier alpha value is -1.67. The molecular formula is C18H35N7O. The predicted molar refractivity (Wildman–Crippen MR) is 104 cm³/mol. The second-order valence-electron chi connectivity index (χ2n) is 6.94. The van der Waals surface area contributed by atoms with Crippen molar-refractivity contribution in [3.05, 3.63) is 11.6 Å². The predicted octanol–water partition coefficient (Wildman–Crippen LogP) is 1.02. The lowest BCUT2D eigenvalue weighted by molar-refractivity contribution is 0.195. The van der Waals surface area contributed by atoms with Gasteiger partial charge in [0, 0.05) is 46.9 Å². The highest BCUT2D eigenvalue weighted by atomic mass is 16.5. The molecule has 0 amide bonds. The zero-order valence-electron chi connectivity index (χ0n) is 17.0. The maximum atomic E-state index is 5.15. The van der Waals surface area contributed by atoms with Gasteiger partial charge in [0.2, 0.25) is 0 Å². The van der Waals surface area contributed by atoms with Crippen molar-refractivity contribution in [1.82, 2.24) is 29.9 Å². The highest BCUT2D eigenvalue weighted by molar-refractivity contribution is 5.79. The second kappa shape index (κ2) is 10.5. The summed E-state index contributed by atoms with van der Waals surface area (Å²) in [7, 11) is 5.83. The van der Waals surface area contributed by atoms with E-state index >= 15 is 0 Å². The number of aliphatic imine (C=N–C) groups is 1. The number of likely N-dealkylation sites (N-methyl/N-ethyl adjacent to an activating group) is 2. The van der Waals surface area contributed by atoms with Crippen molar-refractivity contribution < 1.29 is 4.74 Å². The van der Waals surface area contributed by atoms with Crippen LogP contribution >= 0.6 is 0 Å². The first kappa shape index (κ1) is 20.6. The van der Waals surface area contributed by atoms with E-state index in [9.17, 15) is 0 Å². The highest BCUT2D eigenvalue weighted by Crippen LogP contribution is 2.17. The van der Waals surface area contributed by atoms with E-state index in [0.717, 1.165) is 50.3 Å². The van der Waals surface area contributed by atoms with E-state index in [1.165, 1.54) is 19.4 Å². The van der Waals surface area contributed by atoms with Crippen molar-refractivity contribution in [3.8, 4) is 0 Å². The van der Waals surface area contributed by atoms with Gasteiger partial charge in [-0.1, -0.05) is 6.92 Å². The van der Waals surface area contributed by atoms with Crippen LogP contribution in [0.25, 0.3) is 0 Å².